The first-order valence-corrected chi connectivity index (χ1v) is 6.05. The number of hydrazine groups is 1. The number of hydrogen-bond donors (Lipinski definition) is 2. The molecule has 0 saturated heterocycles. The molecule has 3 N–H and O–H groups in total. The van der Waals surface area contributed by atoms with E-state index >= 15 is 0 Å². The molecule has 0 aliphatic rings. The third-order valence-electron chi connectivity index (χ3n) is 2.25. The number of hydrogen-bond acceptors (Lipinski definition) is 6. The summed E-state index contributed by atoms with van der Waals surface area (Å²) in [4.78, 5) is 14.0. The Morgan fingerprint density at radius 2 is 2.15 bits per heavy atom. The van der Waals surface area contributed by atoms with Gasteiger partial charge in [-0.15, -0.1) is 0 Å². The monoisotopic (exact) mass is 342 g/mol. The van der Waals surface area contributed by atoms with Crippen molar-refractivity contribution in [1.29, 1.82) is 0 Å². The summed E-state index contributed by atoms with van der Waals surface area (Å²) < 4.78 is 19.4. The predicted molar refractivity (Wildman–Crippen MR) is 72.9 cm³/mol. The summed E-state index contributed by atoms with van der Waals surface area (Å²) in [6, 6.07) is 6.34. The van der Waals surface area contributed by atoms with E-state index in [4.69, 9.17) is 10.6 Å². The Labute approximate surface area is 120 Å². The normalized spacial score (nSPS) is 10.2. The molecular formula is C11H8BrFN4O3. The van der Waals surface area contributed by atoms with Crippen molar-refractivity contribution in [3.63, 3.8) is 0 Å². The lowest BCUT2D eigenvalue weighted by Crippen LogP contribution is -2.09. The molecule has 0 aliphatic carbocycles. The Balaban J connectivity index is 2.37. The summed E-state index contributed by atoms with van der Waals surface area (Å²) in [6.07, 6.45) is 0. The van der Waals surface area contributed by atoms with E-state index in [-0.39, 0.29) is 23.1 Å². The maximum atomic E-state index is 13.6. The highest BCUT2D eigenvalue weighted by Crippen LogP contribution is 2.29. The highest BCUT2D eigenvalue weighted by molar-refractivity contribution is 9.10. The number of nitrogens with one attached hydrogen (secondary N) is 1. The molecule has 2 rings (SSSR count). The topological polar surface area (TPSA) is 103 Å². The molecule has 0 saturated carbocycles. The van der Waals surface area contributed by atoms with Crippen LogP contribution in [0.1, 0.15) is 0 Å². The first kappa shape index (κ1) is 14.2. The summed E-state index contributed by atoms with van der Waals surface area (Å²) in [5.74, 6) is 4.31. The number of rotatable bonds is 4. The van der Waals surface area contributed by atoms with E-state index in [0.717, 1.165) is 12.1 Å². The van der Waals surface area contributed by atoms with E-state index < -0.39 is 10.7 Å². The average Bonchev–Trinajstić information content (AvgIpc) is 2.41. The average molecular weight is 343 g/mol. The number of benzene rings is 1. The molecular weight excluding hydrogens is 335 g/mol. The molecule has 0 unspecified atom stereocenters. The lowest BCUT2D eigenvalue weighted by Gasteiger charge is -2.07. The van der Waals surface area contributed by atoms with E-state index in [2.05, 4.69) is 26.3 Å². The Hall–Kier alpha value is -2.26. The molecule has 0 aliphatic heterocycles. The summed E-state index contributed by atoms with van der Waals surface area (Å²) >= 11 is 3.11. The van der Waals surface area contributed by atoms with Gasteiger partial charge < -0.3 is 10.2 Å². The number of ether oxygens (including phenoxy) is 1. The van der Waals surface area contributed by atoms with E-state index in [1.807, 2.05) is 0 Å². The molecule has 0 atom stereocenters. The zero-order chi connectivity index (χ0) is 14.7. The first-order valence-electron chi connectivity index (χ1n) is 5.25. The minimum Gasteiger partial charge on any atom is -0.436 e. The molecule has 9 heteroatoms. The number of nitrogens with two attached hydrogens (primary N) is 1. The molecule has 2 aromatic rings. The van der Waals surface area contributed by atoms with E-state index in [9.17, 15) is 14.5 Å². The van der Waals surface area contributed by atoms with Gasteiger partial charge in [-0.2, -0.15) is 4.98 Å². The standard InChI is InChI=1S/C11H8BrFN4O3/c12-6-1-2-9(8(13)3-6)20-11-5-7(17(18)19)4-10(15-11)16-14/h1-5H,14H2,(H,15,16). The van der Waals surface area contributed by atoms with Gasteiger partial charge in [0.2, 0.25) is 5.88 Å². The number of anilines is 1. The van der Waals surface area contributed by atoms with Crippen molar-refractivity contribution in [2.75, 3.05) is 5.43 Å². The Bertz CT molecular complexity index is 668. The Morgan fingerprint density at radius 1 is 1.40 bits per heavy atom. The molecule has 1 heterocycles. The third-order valence-corrected chi connectivity index (χ3v) is 2.75. The van der Waals surface area contributed by atoms with Crippen LogP contribution in [0.2, 0.25) is 0 Å². The fourth-order valence-electron chi connectivity index (χ4n) is 1.39. The number of nitro groups is 1. The lowest BCUT2D eigenvalue weighted by molar-refractivity contribution is -0.384. The van der Waals surface area contributed by atoms with Gasteiger partial charge in [0.25, 0.3) is 5.69 Å². The quantitative estimate of drug-likeness (QED) is 0.503. The lowest BCUT2D eigenvalue weighted by atomic mass is 10.3. The molecule has 104 valence electrons. The summed E-state index contributed by atoms with van der Waals surface area (Å²) in [6.45, 7) is 0. The van der Waals surface area contributed by atoms with E-state index in [1.165, 1.54) is 12.1 Å². The van der Waals surface area contributed by atoms with Gasteiger partial charge in [0.05, 0.1) is 17.1 Å². The smallest absolute Gasteiger partial charge is 0.278 e. The maximum Gasteiger partial charge on any atom is 0.278 e. The van der Waals surface area contributed by atoms with Crippen LogP contribution in [-0.2, 0) is 0 Å². The molecule has 0 radical (unpaired) electrons. The van der Waals surface area contributed by atoms with Crippen molar-refractivity contribution >= 4 is 27.4 Å². The maximum absolute atomic E-state index is 13.6. The van der Waals surface area contributed by atoms with Crippen LogP contribution < -0.4 is 16.0 Å². The molecule has 1 aromatic carbocycles. The molecule has 0 amide bonds. The van der Waals surface area contributed by atoms with Crippen LogP contribution >= 0.6 is 15.9 Å². The van der Waals surface area contributed by atoms with Gasteiger partial charge >= 0.3 is 0 Å². The third kappa shape index (κ3) is 3.19. The molecule has 7 nitrogen and oxygen atoms in total. The minimum absolute atomic E-state index is 0.0340. The van der Waals surface area contributed by atoms with Gasteiger partial charge in [-0.25, -0.2) is 10.2 Å². The number of halogens is 2. The number of nitrogens with zero attached hydrogens (tertiary/aromatic N) is 2. The van der Waals surface area contributed by atoms with E-state index in [0.29, 0.717) is 4.47 Å². The second kappa shape index (κ2) is 5.80. The fraction of sp³-hybridized carbons (Fsp3) is 0. The van der Waals surface area contributed by atoms with Crippen molar-refractivity contribution < 1.29 is 14.1 Å². The molecule has 0 bridgehead atoms. The van der Waals surface area contributed by atoms with Crippen LogP contribution in [0.4, 0.5) is 15.9 Å². The highest BCUT2D eigenvalue weighted by Gasteiger charge is 2.14. The largest absolute Gasteiger partial charge is 0.436 e. The SMILES string of the molecule is NNc1cc([N+](=O)[O-])cc(Oc2ccc(Br)cc2F)n1. The van der Waals surface area contributed by atoms with Gasteiger partial charge in [0.1, 0.15) is 0 Å². The van der Waals surface area contributed by atoms with Gasteiger partial charge in [-0.05, 0) is 18.2 Å². The van der Waals surface area contributed by atoms with Gasteiger partial charge in [-0.1, -0.05) is 15.9 Å². The minimum atomic E-state index is -0.632. The van der Waals surface area contributed by atoms with E-state index in [1.54, 1.807) is 6.07 Å². The second-order valence-corrected chi connectivity index (χ2v) is 4.54. The zero-order valence-electron chi connectivity index (χ0n) is 9.84. The van der Waals surface area contributed by atoms with Crippen LogP contribution in [0, 0.1) is 15.9 Å². The second-order valence-electron chi connectivity index (χ2n) is 3.63. The summed E-state index contributed by atoms with van der Waals surface area (Å²) in [5.41, 5.74) is 1.90. The van der Waals surface area contributed by atoms with Crippen molar-refractivity contribution in [3.05, 3.63) is 50.7 Å². The molecule has 1 aromatic heterocycles. The number of aromatic nitrogens is 1. The van der Waals surface area contributed by atoms with Crippen molar-refractivity contribution in [1.82, 2.24) is 4.98 Å². The molecule has 0 spiro atoms. The first-order chi connectivity index (χ1) is 9.49. The zero-order valence-corrected chi connectivity index (χ0v) is 11.4. The van der Waals surface area contributed by atoms with Gasteiger partial charge in [-0.3, -0.25) is 10.1 Å². The van der Waals surface area contributed by atoms with Crippen molar-refractivity contribution in [2.24, 2.45) is 5.84 Å². The Morgan fingerprint density at radius 3 is 2.75 bits per heavy atom. The van der Waals surface area contributed by atoms with Crippen molar-refractivity contribution in [3.8, 4) is 11.6 Å². The number of nitrogen functional groups attached to an aromatic ring is 1. The molecule has 0 fully saturated rings. The highest BCUT2D eigenvalue weighted by atomic mass is 79.9. The van der Waals surface area contributed by atoms with Gasteiger partial charge in [0.15, 0.2) is 17.4 Å². The van der Waals surface area contributed by atoms with Gasteiger partial charge in [0, 0.05) is 4.47 Å². The van der Waals surface area contributed by atoms with Crippen LogP contribution in [0.3, 0.4) is 0 Å². The Kier molecular flexibility index (Phi) is 4.11. The van der Waals surface area contributed by atoms with Crippen molar-refractivity contribution in [2.45, 2.75) is 0 Å². The van der Waals surface area contributed by atoms with Crippen LogP contribution in [0.15, 0.2) is 34.8 Å². The van der Waals surface area contributed by atoms with Crippen LogP contribution in [0.5, 0.6) is 11.6 Å². The van der Waals surface area contributed by atoms with Crippen LogP contribution in [-0.4, -0.2) is 9.91 Å². The predicted octanol–water partition coefficient (Wildman–Crippen LogP) is 2.97. The fourth-order valence-corrected chi connectivity index (χ4v) is 1.73. The summed E-state index contributed by atoms with van der Waals surface area (Å²) in [7, 11) is 0. The molecule has 20 heavy (non-hydrogen) atoms. The summed E-state index contributed by atoms with van der Waals surface area (Å²) in [5, 5.41) is 10.8. The number of pyridine rings is 1. The van der Waals surface area contributed by atoms with Crippen LogP contribution in [0.25, 0.3) is 0 Å².